The minimum absolute atomic E-state index is 0.241. The highest BCUT2D eigenvalue weighted by Gasteiger charge is 2.41. The van der Waals surface area contributed by atoms with E-state index in [1.54, 1.807) is 0 Å². The zero-order valence-electron chi connectivity index (χ0n) is 11.3. The molecule has 3 rings (SSSR count). The molecule has 0 aromatic heterocycles. The molecule has 2 heterocycles. The maximum absolute atomic E-state index is 12.6. The van der Waals surface area contributed by atoms with E-state index >= 15 is 0 Å². The summed E-state index contributed by atoms with van der Waals surface area (Å²) >= 11 is 0. The lowest BCUT2D eigenvalue weighted by atomic mass is 9.94. The summed E-state index contributed by atoms with van der Waals surface area (Å²) in [5, 5.41) is 3.37. The van der Waals surface area contributed by atoms with E-state index in [0.717, 1.165) is 13.1 Å². The topological polar surface area (TPSA) is 15.3 Å². The summed E-state index contributed by atoms with van der Waals surface area (Å²) in [7, 11) is 0. The predicted molar refractivity (Wildman–Crippen MR) is 72.9 cm³/mol. The molecule has 1 aromatic carbocycles. The Hall–Kier alpha value is -1.23. The third-order valence-corrected chi connectivity index (χ3v) is 4.47. The smallest absolute Gasteiger partial charge is 0.384 e. The second kappa shape index (κ2) is 5.28. The fraction of sp³-hybridized carbons (Fsp3) is 0.600. The molecular formula is C15H19F3N2. The molecule has 1 aromatic rings. The quantitative estimate of drug-likeness (QED) is 0.894. The van der Waals surface area contributed by atoms with E-state index < -0.39 is 12.1 Å². The van der Waals surface area contributed by atoms with Crippen LogP contribution in [0.3, 0.4) is 0 Å². The van der Waals surface area contributed by atoms with Gasteiger partial charge in [-0.1, -0.05) is 18.2 Å². The van der Waals surface area contributed by atoms with E-state index in [-0.39, 0.29) is 12.8 Å². The summed E-state index contributed by atoms with van der Waals surface area (Å²) in [5.74, 6) is -0.707. The number of piperidine rings is 1. The fourth-order valence-electron chi connectivity index (χ4n) is 3.27. The van der Waals surface area contributed by atoms with E-state index in [4.69, 9.17) is 0 Å². The summed E-state index contributed by atoms with van der Waals surface area (Å²) in [6.07, 6.45) is -3.54. The Morgan fingerprint density at radius 2 is 1.85 bits per heavy atom. The predicted octanol–water partition coefficient (Wildman–Crippen LogP) is 3.47. The third-order valence-electron chi connectivity index (χ3n) is 4.47. The molecular weight excluding hydrogens is 265 g/mol. The van der Waals surface area contributed by atoms with Gasteiger partial charge in [-0.3, -0.25) is 0 Å². The maximum Gasteiger partial charge on any atom is 0.391 e. The number of hydrogen-bond acceptors (Lipinski definition) is 2. The van der Waals surface area contributed by atoms with Gasteiger partial charge in [-0.2, -0.15) is 13.2 Å². The van der Waals surface area contributed by atoms with Gasteiger partial charge < -0.3 is 10.2 Å². The first-order valence-corrected chi connectivity index (χ1v) is 7.16. The number of rotatable bonds is 2. The molecule has 1 N–H and O–H groups in total. The number of benzene rings is 1. The molecule has 2 aliphatic rings. The highest BCUT2D eigenvalue weighted by atomic mass is 19.4. The molecule has 0 aliphatic carbocycles. The molecule has 0 amide bonds. The lowest BCUT2D eigenvalue weighted by molar-refractivity contribution is -0.185. The second-order valence-corrected chi connectivity index (χ2v) is 5.78. The van der Waals surface area contributed by atoms with Crippen molar-refractivity contribution in [3.05, 3.63) is 29.8 Å². The van der Waals surface area contributed by atoms with Gasteiger partial charge in [0.05, 0.1) is 5.92 Å². The standard InChI is InChI=1S/C15H19F3N2/c16-15(17,18)12-5-7-20(8-6-12)10-11-9-19-14-4-2-1-3-13(11)14/h1-4,11-12,19H,5-10H2. The van der Waals surface area contributed by atoms with E-state index in [9.17, 15) is 13.2 Å². The minimum Gasteiger partial charge on any atom is -0.384 e. The second-order valence-electron chi connectivity index (χ2n) is 5.78. The number of alkyl halides is 3. The number of nitrogens with one attached hydrogen (secondary N) is 1. The van der Waals surface area contributed by atoms with Gasteiger partial charge in [0.15, 0.2) is 0 Å². The molecule has 0 spiro atoms. The van der Waals surface area contributed by atoms with Crippen LogP contribution >= 0.6 is 0 Å². The van der Waals surface area contributed by atoms with Crippen molar-refractivity contribution < 1.29 is 13.2 Å². The molecule has 20 heavy (non-hydrogen) atoms. The van der Waals surface area contributed by atoms with E-state index in [0.29, 0.717) is 19.0 Å². The monoisotopic (exact) mass is 284 g/mol. The molecule has 1 unspecified atom stereocenters. The summed E-state index contributed by atoms with van der Waals surface area (Å²) in [6.45, 7) is 2.86. The van der Waals surface area contributed by atoms with Gasteiger partial charge in [-0.25, -0.2) is 0 Å². The normalized spacial score (nSPS) is 24.4. The SMILES string of the molecule is FC(F)(F)C1CCN(CC2CNc3ccccc32)CC1. The van der Waals surface area contributed by atoms with Gasteiger partial charge in [-0.15, -0.1) is 0 Å². The van der Waals surface area contributed by atoms with Gasteiger partial charge in [0, 0.05) is 24.7 Å². The number of para-hydroxylation sites is 1. The number of hydrogen-bond donors (Lipinski definition) is 1. The summed E-state index contributed by atoms with van der Waals surface area (Å²) < 4.78 is 37.9. The Balaban J connectivity index is 1.56. The van der Waals surface area contributed by atoms with Crippen molar-refractivity contribution >= 4 is 5.69 Å². The first-order valence-electron chi connectivity index (χ1n) is 7.16. The van der Waals surface area contributed by atoms with Gasteiger partial charge in [-0.05, 0) is 37.6 Å². The van der Waals surface area contributed by atoms with Crippen LogP contribution in [0.2, 0.25) is 0 Å². The zero-order chi connectivity index (χ0) is 14.2. The minimum atomic E-state index is -4.02. The molecule has 2 aliphatic heterocycles. The van der Waals surface area contributed by atoms with Crippen molar-refractivity contribution in [2.75, 3.05) is 31.5 Å². The van der Waals surface area contributed by atoms with Crippen LogP contribution < -0.4 is 5.32 Å². The van der Waals surface area contributed by atoms with Gasteiger partial charge in [0.1, 0.15) is 0 Å². The summed E-state index contributed by atoms with van der Waals surface area (Å²) in [4.78, 5) is 2.18. The molecule has 1 saturated heterocycles. The van der Waals surface area contributed by atoms with E-state index in [2.05, 4.69) is 22.3 Å². The van der Waals surface area contributed by atoms with Crippen molar-refractivity contribution in [3.8, 4) is 0 Å². The van der Waals surface area contributed by atoms with Crippen LogP contribution in [0.5, 0.6) is 0 Å². The number of fused-ring (bicyclic) bond motifs is 1. The van der Waals surface area contributed by atoms with Gasteiger partial charge >= 0.3 is 6.18 Å². The van der Waals surface area contributed by atoms with Gasteiger partial charge in [0.25, 0.3) is 0 Å². The van der Waals surface area contributed by atoms with E-state index in [1.807, 2.05) is 12.1 Å². The molecule has 110 valence electrons. The fourth-order valence-corrected chi connectivity index (χ4v) is 3.27. The van der Waals surface area contributed by atoms with Crippen molar-refractivity contribution in [2.24, 2.45) is 5.92 Å². The van der Waals surface area contributed by atoms with Crippen LogP contribution in [0.4, 0.5) is 18.9 Å². The number of nitrogens with zero attached hydrogens (tertiary/aromatic N) is 1. The van der Waals surface area contributed by atoms with Crippen LogP contribution in [-0.4, -0.2) is 37.3 Å². The molecule has 0 bridgehead atoms. The van der Waals surface area contributed by atoms with Crippen LogP contribution in [0.25, 0.3) is 0 Å². The number of anilines is 1. The molecule has 5 heteroatoms. The van der Waals surface area contributed by atoms with Crippen LogP contribution in [0.15, 0.2) is 24.3 Å². The maximum atomic E-state index is 12.6. The Labute approximate surface area is 117 Å². The molecule has 1 fully saturated rings. The zero-order valence-corrected chi connectivity index (χ0v) is 11.3. The first-order chi connectivity index (χ1) is 9.54. The molecule has 0 radical (unpaired) electrons. The first kappa shape index (κ1) is 13.7. The summed E-state index contributed by atoms with van der Waals surface area (Å²) in [5.41, 5.74) is 2.47. The Morgan fingerprint density at radius 3 is 2.55 bits per heavy atom. The average Bonchev–Trinajstić information content (AvgIpc) is 2.82. The highest BCUT2D eigenvalue weighted by Crippen LogP contribution is 2.36. The average molecular weight is 284 g/mol. The number of likely N-dealkylation sites (tertiary alicyclic amines) is 1. The molecule has 0 saturated carbocycles. The van der Waals surface area contributed by atoms with Crippen molar-refractivity contribution in [1.82, 2.24) is 4.90 Å². The number of halogens is 3. The summed E-state index contributed by atoms with van der Waals surface area (Å²) in [6, 6.07) is 8.20. The van der Waals surface area contributed by atoms with E-state index in [1.165, 1.54) is 11.3 Å². The lowest BCUT2D eigenvalue weighted by Crippen LogP contribution is -2.40. The van der Waals surface area contributed by atoms with Crippen molar-refractivity contribution in [1.29, 1.82) is 0 Å². The Kier molecular flexibility index (Phi) is 3.63. The lowest BCUT2D eigenvalue weighted by Gasteiger charge is -2.34. The Bertz CT molecular complexity index is 464. The Morgan fingerprint density at radius 1 is 1.15 bits per heavy atom. The third kappa shape index (κ3) is 2.77. The van der Waals surface area contributed by atoms with Gasteiger partial charge in [0.2, 0.25) is 0 Å². The van der Waals surface area contributed by atoms with Crippen LogP contribution in [0.1, 0.15) is 24.3 Å². The largest absolute Gasteiger partial charge is 0.391 e. The van der Waals surface area contributed by atoms with Crippen molar-refractivity contribution in [3.63, 3.8) is 0 Å². The molecule has 2 nitrogen and oxygen atoms in total. The van der Waals surface area contributed by atoms with Crippen LogP contribution in [-0.2, 0) is 0 Å². The van der Waals surface area contributed by atoms with Crippen molar-refractivity contribution in [2.45, 2.75) is 24.9 Å². The molecule has 1 atom stereocenters. The highest BCUT2D eigenvalue weighted by molar-refractivity contribution is 5.57. The van der Waals surface area contributed by atoms with Crippen LogP contribution in [0, 0.1) is 5.92 Å².